The monoisotopic (exact) mass is 669 g/mol. The Labute approximate surface area is 282 Å². The summed E-state index contributed by atoms with van der Waals surface area (Å²) in [6.07, 6.45) is 5.62. The minimum absolute atomic E-state index is 0.0649. The highest BCUT2D eigenvalue weighted by Gasteiger charge is 2.47. The topological polar surface area (TPSA) is 108 Å². The van der Waals surface area contributed by atoms with Gasteiger partial charge in [0.05, 0.1) is 30.0 Å². The molecule has 9 nitrogen and oxygen atoms in total. The van der Waals surface area contributed by atoms with E-state index in [2.05, 4.69) is 28.6 Å². The molecule has 0 bridgehead atoms. The number of fused-ring (bicyclic) bond motifs is 3. The first-order valence-electron chi connectivity index (χ1n) is 16.3. The average molecular weight is 670 g/mol. The molecule has 0 N–H and O–H groups in total. The highest BCUT2D eigenvalue weighted by atomic mass is 35.5. The number of hydrogen-bond acceptors (Lipinski definition) is 8. The van der Waals surface area contributed by atoms with Gasteiger partial charge >= 0.3 is 0 Å². The van der Waals surface area contributed by atoms with Crippen molar-refractivity contribution in [3.63, 3.8) is 0 Å². The zero-order chi connectivity index (χ0) is 33.6. The first-order valence-corrected chi connectivity index (χ1v) is 16.6. The standard InChI is InChI=1S/C36H34ClF2N7O2/c1-22(38)35(47)46-17-16-44(20-24(46)10-13-40)33-26(18-41)34(48-21-36-11-4-14-45(36)15-5-12-36)43-32-27(33)19-42-31(30(32)39)25-8-2-6-23-7-3-9-28(37)29(23)25/h2-3,6-9,19,24,27,32H,1,4-5,10-12,14-17,20-21H2/t24-,27?,32?/m0/s1. The molecule has 0 aliphatic carbocycles. The lowest BCUT2D eigenvalue weighted by Gasteiger charge is -2.45. The van der Waals surface area contributed by atoms with Gasteiger partial charge in [-0.25, -0.2) is 13.8 Å². The summed E-state index contributed by atoms with van der Waals surface area (Å²) in [5, 5.41) is 22.2. The van der Waals surface area contributed by atoms with Crippen molar-refractivity contribution in [2.24, 2.45) is 15.9 Å². The van der Waals surface area contributed by atoms with Crippen molar-refractivity contribution in [1.29, 1.82) is 10.5 Å². The van der Waals surface area contributed by atoms with Gasteiger partial charge in [0.2, 0.25) is 5.90 Å². The van der Waals surface area contributed by atoms with Gasteiger partial charge < -0.3 is 14.5 Å². The Bertz CT molecular complexity index is 1890. The summed E-state index contributed by atoms with van der Waals surface area (Å²) in [5.74, 6) is -3.27. The number of dihydropyridines is 1. The maximum Gasteiger partial charge on any atom is 0.282 e. The van der Waals surface area contributed by atoms with Gasteiger partial charge in [0.1, 0.15) is 30.0 Å². The summed E-state index contributed by atoms with van der Waals surface area (Å²) in [6, 6.07) is 13.6. The Morgan fingerprint density at radius 2 is 1.88 bits per heavy atom. The van der Waals surface area contributed by atoms with Crippen LogP contribution in [0.25, 0.3) is 16.5 Å². The lowest BCUT2D eigenvalue weighted by molar-refractivity contribution is -0.133. The summed E-state index contributed by atoms with van der Waals surface area (Å²) in [6.45, 7) is 5.86. The summed E-state index contributed by atoms with van der Waals surface area (Å²) in [5.41, 5.74) is 1.11. The SMILES string of the molecule is C=C(F)C(=O)N1CCN(C2=C(C#N)C(OCC34CCCN3CCC4)=NC3C(F)=C(c4cccc5cccc(Cl)c45)N=CC23)C[C@@H]1CC#N. The van der Waals surface area contributed by atoms with E-state index in [1.165, 1.54) is 4.90 Å². The number of amides is 1. The molecule has 7 rings (SSSR count). The molecule has 2 aromatic carbocycles. The van der Waals surface area contributed by atoms with E-state index in [4.69, 9.17) is 21.3 Å². The predicted octanol–water partition coefficient (Wildman–Crippen LogP) is 5.94. The molecule has 246 valence electrons. The summed E-state index contributed by atoms with van der Waals surface area (Å²) in [4.78, 5) is 27.6. The van der Waals surface area contributed by atoms with Crippen molar-refractivity contribution in [3.05, 3.63) is 76.5 Å². The first-order chi connectivity index (χ1) is 23.3. The van der Waals surface area contributed by atoms with E-state index in [9.17, 15) is 19.7 Å². The van der Waals surface area contributed by atoms with Gasteiger partial charge in [-0.1, -0.05) is 48.5 Å². The van der Waals surface area contributed by atoms with Crippen molar-refractivity contribution in [2.75, 3.05) is 39.3 Å². The molecular formula is C36H34ClF2N7O2. The summed E-state index contributed by atoms with van der Waals surface area (Å²) < 4.78 is 37.4. The van der Waals surface area contributed by atoms with Gasteiger partial charge in [-0.05, 0) is 50.2 Å². The van der Waals surface area contributed by atoms with Crippen LogP contribution in [0, 0.1) is 28.6 Å². The van der Waals surface area contributed by atoms with E-state index in [1.807, 2.05) is 29.2 Å². The molecule has 12 heteroatoms. The number of carbonyl (C=O) groups excluding carboxylic acids is 1. The predicted molar refractivity (Wildman–Crippen MR) is 179 cm³/mol. The van der Waals surface area contributed by atoms with Gasteiger partial charge in [0.25, 0.3) is 5.91 Å². The van der Waals surface area contributed by atoms with Crippen molar-refractivity contribution >= 4 is 46.1 Å². The van der Waals surface area contributed by atoms with Gasteiger partial charge in [-0.3, -0.25) is 14.7 Å². The molecule has 0 spiro atoms. The fraction of sp³-hybridized carbons (Fsp3) is 0.417. The number of halogens is 3. The third-order valence-electron chi connectivity index (χ3n) is 10.4. The molecule has 0 radical (unpaired) electrons. The summed E-state index contributed by atoms with van der Waals surface area (Å²) >= 11 is 6.61. The Balaban J connectivity index is 1.30. The molecule has 2 aromatic rings. The zero-order valence-corrected chi connectivity index (χ0v) is 27.1. The van der Waals surface area contributed by atoms with E-state index in [-0.39, 0.29) is 48.8 Å². The van der Waals surface area contributed by atoms with Crippen LogP contribution in [-0.2, 0) is 9.53 Å². The van der Waals surface area contributed by atoms with Crippen molar-refractivity contribution in [1.82, 2.24) is 14.7 Å². The quantitative estimate of drug-likeness (QED) is 0.352. The van der Waals surface area contributed by atoms with Crippen LogP contribution in [0.1, 0.15) is 37.7 Å². The second kappa shape index (κ2) is 12.8. The van der Waals surface area contributed by atoms with Crippen LogP contribution in [0.4, 0.5) is 8.78 Å². The molecule has 5 heterocycles. The van der Waals surface area contributed by atoms with Gasteiger partial charge in [-0.2, -0.15) is 10.5 Å². The number of aliphatic imine (C=N–C) groups is 2. The van der Waals surface area contributed by atoms with E-state index < -0.39 is 35.6 Å². The molecule has 2 unspecified atom stereocenters. The molecule has 3 saturated heterocycles. The van der Waals surface area contributed by atoms with Crippen molar-refractivity contribution in [3.8, 4) is 12.1 Å². The minimum atomic E-state index is -1.11. The van der Waals surface area contributed by atoms with Crippen LogP contribution in [0.15, 0.2) is 75.9 Å². The van der Waals surface area contributed by atoms with Gasteiger partial charge in [0, 0.05) is 47.5 Å². The third kappa shape index (κ3) is 5.35. The number of nitrogens with zero attached hydrogens (tertiary/aromatic N) is 7. The molecule has 3 atom stereocenters. The number of hydrogen-bond donors (Lipinski definition) is 0. The minimum Gasteiger partial charge on any atom is -0.475 e. The number of benzene rings is 2. The lowest BCUT2D eigenvalue weighted by Crippen LogP contribution is -2.56. The highest BCUT2D eigenvalue weighted by molar-refractivity contribution is 6.36. The number of piperazine rings is 1. The zero-order valence-electron chi connectivity index (χ0n) is 26.3. The number of ether oxygens (including phenoxy) is 1. The van der Waals surface area contributed by atoms with Crippen LogP contribution < -0.4 is 0 Å². The third-order valence-corrected chi connectivity index (χ3v) is 10.7. The average Bonchev–Trinajstić information content (AvgIpc) is 3.67. The van der Waals surface area contributed by atoms with Crippen LogP contribution >= 0.6 is 11.6 Å². The van der Waals surface area contributed by atoms with Crippen LogP contribution in [-0.4, -0.2) is 89.7 Å². The number of nitriles is 2. The molecule has 3 fully saturated rings. The molecule has 48 heavy (non-hydrogen) atoms. The smallest absolute Gasteiger partial charge is 0.282 e. The molecule has 5 aliphatic heterocycles. The molecule has 0 saturated carbocycles. The van der Waals surface area contributed by atoms with Crippen LogP contribution in [0.2, 0.25) is 5.02 Å². The Morgan fingerprint density at radius 1 is 1.12 bits per heavy atom. The second-order valence-corrected chi connectivity index (χ2v) is 13.4. The van der Waals surface area contributed by atoms with Crippen LogP contribution in [0.3, 0.4) is 0 Å². The van der Waals surface area contributed by atoms with E-state index >= 15 is 4.39 Å². The first kappa shape index (κ1) is 32.0. The van der Waals surface area contributed by atoms with Crippen molar-refractivity contribution < 1.29 is 18.3 Å². The normalized spacial score (nSPS) is 25.0. The van der Waals surface area contributed by atoms with E-state index in [1.54, 1.807) is 18.3 Å². The Morgan fingerprint density at radius 3 is 2.58 bits per heavy atom. The van der Waals surface area contributed by atoms with Crippen molar-refractivity contribution in [2.45, 2.75) is 49.7 Å². The molecule has 1 amide bonds. The highest BCUT2D eigenvalue weighted by Crippen LogP contribution is 2.44. The van der Waals surface area contributed by atoms with Crippen LogP contribution in [0.5, 0.6) is 0 Å². The maximum absolute atomic E-state index is 17.0. The number of rotatable bonds is 6. The summed E-state index contributed by atoms with van der Waals surface area (Å²) in [7, 11) is 0. The maximum atomic E-state index is 17.0. The lowest BCUT2D eigenvalue weighted by atomic mass is 9.85. The second-order valence-electron chi connectivity index (χ2n) is 13.0. The largest absolute Gasteiger partial charge is 0.475 e. The van der Waals surface area contributed by atoms with E-state index in [0.29, 0.717) is 28.3 Å². The Kier molecular flexibility index (Phi) is 8.53. The molecule has 5 aliphatic rings. The molecule has 0 aromatic heterocycles. The number of carbonyl (C=O) groups is 1. The fourth-order valence-corrected chi connectivity index (χ4v) is 8.42. The Hall–Kier alpha value is -4.58. The van der Waals surface area contributed by atoms with E-state index in [0.717, 1.165) is 44.2 Å². The van der Waals surface area contributed by atoms with Gasteiger partial charge in [-0.15, -0.1) is 0 Å². The fourth-order valence-electron chi connectivity index (χ4n) is 8.14. The van der Waals surface area contributed by atoms with Gasteiger partial charge in [0.15, 0.2) is 11.7 Å². The molecular weight excluding hydrogens is 636 g/mol.